The number of carbonyl (C=O) groups is 1. The Labute approximate surface area is 106 Å². The molecule has 6 heteroatoms. The summed E-state index contributed by atoms with van der Waals surface area (Å²) in [6.07, 6.45) is 4.62. The number of hydrogen-bond acceptors (Lipinski definition) is 3. The maximum atomic E-state index is 12.0. The van der Waals surface area contributed by atoms with E-state index < -0.39 is 0 Å². The highest BCUT2D eigenvalue weighted by atomic mass is 16.1. The van der Waals surface area contributed by atoms with Gasteiger partial charge < -0.3 is 21.4 Å². The molecule has 0 radical (unpaired) electrons. The molecule has 98 valence electrons. The zero-order valence-corrected chi connectivity index (χ0v) is 10.3. The zero-order chi connectivity index (χ0) is 13.1. The highest BCUT2D eigenvalue weighted by molar-refractivity contribution is 5.94. The van der Waals surface area contributed by atoms with Crippen molar-refractivity contribution in [3.63, 3.8) is 0 Å². The molecule has 0 aromatic carbocycles. The van der Waals surface area contributed by atoms with Crippen molar-refractivity contribution in [1.82, 2.24) is 9.88 Å². The van der Waals surface area contributed by atoms with Crippen LogP contribution in [0.15, 0.2) is 12.3 Å². The molecular weight excluding hydrogens is 230 g/mol. The molecule has 1 saturated carbocycles. The molecule has 1 fully saturated rings. The standard InChI is InChI=1S/C12H19N5O/c13-9-5-10(12(18)16-4-3-11(14)15)17(7-9)6-8-1-2-8/h5,7-8H,1-4,6,13H2,(H3,14,15)(H,16,18). The van der Waals surface area contributed by atoms with Crippen LogP contribution in [0.3, 0.4) is 0 Å². The predicted octanol–water partition coefficient (Wildman–Crippen LogP) is 0.536. The fraction of sp³-hybridized carbons (Fsp3) is 0.500. The average Bonchev–Trinajstić information content (AvgIpc) is 3.01. The number of anilines is 1. The first-order chi connectivity index (χ1) is 8.56. The van der Waals surface area contributed by atoms with Crippen molar-refractivity contribution in [2.24, 2.45) is 11.7 Å². The van der Waals surface area contributed by atoms with Crippen molar-refractivity contribution in [2.75, 3.05) is 12.3 Å². The minimum absolute atomic E-state index is 0.0724. The molecule has 6 N–H and O–H groups in total. The van der Waals surface area contributed by atoms with Gasteiger partial charge in [0.25, 0.3) is 5.91 Å². The first kappa shape index (κ1) is 12.5. The lowest BCUT2D eigenvalue weighted by Crippen LogP contribution is -2.29. The Morgan fingerprint density at radius 2 is 2.28 bits per heavy atom. The zero-order valence-electron chi connectivity index (χ0n) is 10.3. The largest absolute Gasteiger partial charge is 0.397 e. The maximum Gasteiger partial charge on any atom is 0.267 e. The van der Waals surface area contributed by atoms with Gasteiger partial charge in [0.05, 0.1) is 11.5 Å². The van der Waals surface area contributed by atoms with Gasteiger partial charge in [-0.25, -0.2) is 0 Å². The number of nitrogens with two attached hydrogens (primary N) is 2. The lowest BCUT2D eigenvalue weighted by atomic mass is 10.3. The molecule has 0 saturated heterocycles. The van der Waals surface area contributed by atoms with Crippen molar-refractivity contribution in [3.8, 4) is 0 Å². The molecule has 0 aliphatic heterocycles. The lowest BCUT2D eigenvalue weighted by Gasteiger charge is -2.08. The smallest absolute Gasteiger partial charge is 0.267 e. The second kappa shape index (κ2) is 5.12. The Bertz CT molecular complexity index is 461. The summed E-state index contributed by atoms with van der Waals surface area (Å²) in [6, 6.07) is 1.69. The minimum Gasteiger partial charge on any atom is -0.397 e. The van der Waals surface area contributed by atoms with Crippen LogP contribution in [0, 0.1) is 11.3 Å². The number of rotatable bonds is 6. The third-order valence-electron chi connectivity index (χ3n) is 2.98. The molecule has 18 heavy (non-hydrogen) atoms. The van der Waals surface area contributed by atoms with Crippen LogP contribution in [0.5, 0.6) is 0 Å². The number of nitrogens with zero attached hydrogens (tertiary/aromatic N) is 1. The third kappa shape index (κ3) is 3.26. The SMILES string of the molecule is N=C(N)CCNC(=O)c1cc(N)cn1CC1CC1. The van der Waals surface area contributed by atoms with Gasteiger partial charge >= 0.3 is 0 Å². The van der Waals surface area contributed by atoms with E-state index in [-0.39, 0.29) is 11.7 Å². The van der Waals surface area contributed by atoms with Gasteiger partial charge in [-0.2, -0.15) is 0 Å². The molecule has 0 unspecified atom stereocenters. The van der Waals surface area contributed by atoms with Crippen LogP contribution in [0.25, 0.3) is 0 Å². The van der Waals surface area contributed by atoms with E-state index in [4.69, 9.17) is 16.9 Å². The van der Waals surface area contributed by atoms with Crippen LogP contribution in [0.1, 0.15) is 29.8 Å². The molecule has 1 aliphatic rings. The molecule has 1 aromatic rings. The van der Waals surface area contributed by atoms with Gasteiger partial charge in [-0.05, 0) is 24.8 Å². The molecule has 1 amide bonds. The Morgan fingerprint density at radius 1 is 1.56 bits per heavy atom. The summed E-state index contributed by atoms with van der Waals surface area (Å²) in [6.45, 7) is 1.23. The maximum absolute atomic E-state index is 12.0. The highest BCUT2D eigenvalue weighted by Gasteiger charge is 2.24. The molecule has 1 aliphatic carbocycles. The average molecular weight is 249 g/mol. The summed E-state index contributed by atoms with van der Waals surface area (Å²) in [7, 11) is 0. The number of hydrogen-bond donors (Lipinski definition) is 4. The van der Waals surface area contributed by atoms with Gasteiger partial charge in [0, 0.05) is 25.7 Å². The van der Waals surface area contributed by atoms with Gasteiger partial charge in [-0.15, -0.1) is 0 Å². The van der Waals surface area contributed by atoms with Crippen molar-refractivity contribution in [3.05, 3.63) is 18.0 Å². The summed E-state index contributed by atoms with van der Waals surface area (Å²) in [5, 5.41) is 9.83. The number of amidine groups is 1. The van der Waals surface area contributed by atoms with E-state index >= 15 is 0 Å². The van der Waals surface area contributed by atoms with E-state index in [1.807, 2.05) is 4.57 Å². The van der Waals surface area contributed by atoms with Gasteiger partial charge in [0.2, 0.25) is 0 Å². The van der Waals surface area contributed by atoms with E-state index in [1.54, 1.807) is 12.3 Å². The number of aromatic nitrogens is 1. The molecule has 1 aromatic heterocycles. The van der Waals surface area contributed by atoms with Crippen molar-refractivity contribution < 1.29 is 4.79 Å². The third-order valence-corrected chi connectivity index (χ3v) is 2.98. The van der Waals surface area contributed by atoms with Gasteiger partial charge in [-0.1, -0.05) is 0 Å². The topological polar surface area (TPSA) is 110 Å². The molecule has 6 nitrogen and oxygen atoms in total. The molecular formula is C12H19N5O. The van der Waals surface area contributed by atoms with E-state index in [0.29, 0.717) is 30.3 Å². The molecule has 2 rings (SSSR count). The number of amides is 1. The lowest BCUT2D eigenvalue weighted by molar-refractivity contribution is 0.0945. The quantitative estimate of drug-likeness (QED) is 0.436. The van der Waals surface area contributed by atoms with Crippen LogP contribution >= 0.6 is 0 Å². The predicted molar refractivity (Wildman–Crippen MR) is 70.4 cm³/mol. The van der Waals surface area contributed by atoms with Gasteiger partial charge in [-0.3, -0.25) is 10.2 Å². The Kier molecular flexibility index (Phi) is 3.55. The monoisotopic (exact) mass is 249 g/mol. The van der Waals surface area contributed by atoms with Gasteiger partial charge in [0.15, 0.2) is 0 Å². The fourth-order valence-corrected chi connectivity index (χ4v) is 1.85. The molecule has 0 atom stereocenters. The Morgan fingerprint density at radius 3 is 2.89 bits per heavy atom. The highest BCUT2D eigenvalue weighted by Crippen LogP contribution is 2.31. The Balaban J connectivity index is 1.97. The number of nitrogen functional groups attached to an aromatic ring is 1. The van der Waals surface area contributed by atoms with Crippen LogP contribution < -0.4 is 16.8 Å². The second-order valence-electron chi connectivity index (χ2n) is 4.79. The van der Waals surface area contributed by atoms with Crippen LogP contribution in [0.2, 0.25) is 0 Å². The van der Waals surface area contributed by atoms with Crippen molar-refractivity contribution in [2.45, 2.75) is 25.8 Å². The summed E-state index contributed by atoms with van der Waals surface area (Å²) in [5.74, 6) is 0.595. The van der Waals surface area contributed by atoms with E-state index in [2.05, 4.69) is 5.32 Å². The van der Waals surface area contributed by atoms with Gasteiger partial charge in [0.1, 0.15) is 5.69 Å². The summed E-state index contributed by atoms with van der Waals surface area (Å²) < 4.78 is 1.91. The first-order valence-corrected chi connectivity index (χ1v) is 6.13. The molecule has 1 heterocycles. The minimum atomic E-state index is -0.159. The fourth-order valence-electron chi connectivity index (χ4n) is 1.85. The van der Waals surface area contributed by atoms with E-state index in [9.17, 15) is 4.79 Å². The van der Waals surface area contributed by atoms with Crippen LogP contribution in [0.4, 0.5) is 5.69 Å². The first-order valence-electron chi connectivity index (χ1n) is 6.13. The van der Waals surface area contributed by atoms with E-state index in [0.717, 1.165) is 6.54 Å². The normalized spacial score (nSPS) is 14.4. The second-order valence-corrected chi connectivity index (χ2v) is 4.79. The summed E-state index contributed by atoms with van der Waals surface area (Å²) >= 11 is 0. The molecule has 0 spiro atoms. The van der Waals surface area contributed by atoms with Crippen LogP contribution in [-0.2, 0) is 6.54 Å². The molecule has 0 bridgehead atoms. The van der Waals surface area contributed by atoms with Crippen LogP contribution in [-0.4, -0.2) is 22.9 Å². The van der Waals surface area contributed by atoms with Crippen molar-refractivity contribution in [1.29, 1.82) is 5.41 Å². The summed E-state index contributed by atoms with van der Waals surface area (Å²) in [5.41, 5.74) is 12.2. The number of nitrogens with one attached hydrogen (secondary N) is 2. The van der Waals surface area contributed by atoms with E-state index in [1.165, 1.54) is 12.8 Å². The Hall–Kier alpha value is -1.98. The number of carbonyl (C=O) groups excluding carboxylic acids is 1. The van der Waals surface area contributed by atoms with Crippen molar-refractivity contribution >= 4 is 17.4 Å². The summed E-state index contributed by atoms with van der Waals surface area (Å²) in [4.78, 5) is 12.0.